The molecule has 0 aromatic carbocycles. The molecular weight excluding hydrogens is 202 g/mol. The molecule has 1 saturated heterocycles. The number of carbonyl (C=O) groups excluding carboxylic acids is 1. The molecule has 0 aromatic heterocycles. The first-order chi connectivity index (χ1) is 6.69. The Morgan fingerprint density at radius 2 is 2.36 bits per heavy atom. The summed E-state index contributed by atoms with van der Waals surface area (Å²) in [6.45, 7) is 3.72. The topological polar surface area (TPSA) is 29.5 Å². The van der Waals surface area contributed by atoms with Crippen LogP contribution in [0, 0.1) is 5.92 Å². The minimum Gasteiger partial charge on any atom is -0.379 e. The van der Waals surface area contributed by atoms with Crippen LogP contribution in [0.25, 0.3) is 0 Å². The fourth-order valence-electron chi connectivity index (χ4n) is 1.81. The highest BCUT2D eigenvalue weighted by molar-refractivity contribution is 6.18. The van der Waals surface area contributed by atoms with Crippen molar-refractivity contribution < 1.29 is 9.53 Å². The van der Waals surface area contributed by atoms with Crippen LogP contribution < -0.4 is 0 Å². The summed E-state index contributed by atoms with van der Waals surface area (Å²) in [6, 6.07) is 0. The average molecular weight is 220 g/mol. The molecule has 0 radical (unpaired) electrons. The zero-order chi connectivity index (χ0) is 10.6. The molecule has 0 saturated carbocycles. The van der Waals surface area contributed by atoms with Gasteiger partial charge in [-0.05, 0) is 12.3 Å². The number of rotatable bonds is 3. The van der Waals surface area contributed by atoms with E-state index in [4.69, 9.17) is 16.3 Å². The number of hydrogen-bond acceptors (Lipinski definition) is 2. The second kappa shape index (κ2) is 5.56. The van der Waals surface area contributed by atoms with Crippen molar-refractivity contribution in [2.24, 2.45) is 5.92 Å². The third kappa shape index (κ3) is 2.85. The van der Waals surface area contributed by atoms with Crippen LogP contribution in [0.4, 0.5) is 0 Å². The summed E-state index contributed by atoms with van der Waals surface area (Å²) < 4.78 is 5.34. The summed E-state index contributed by atoms with van der Waals surface area (Å²) in [4.78, 5) is 13.4. The van der Waals surface area contributed by atoms with Crippen molar-refractivity contribution in [3.8, 4) is 0 Å². The lowest BCUT2D eigenvalue weighted by molar-refractivity contribution is -0.135. The minimum atomic E-state index is 0.147. The summed E-state index contributed by atoms with van der Waals surface area (Å²) >= 11 is 5.54. The molecule has 0 N–H and O–H groups in total. The summed E-state index contributed by atoms with van der Waals surface area (Å²) in [5.41, 5.74) is 0. The molecular formula is C10H18ClNO2. The Balaban J connectivity index is 2.45. The van der Waals surface area contributed by atoms with E-state index in [0.717, 1.165) is 13.0 Å². The number of hydrogen-bond donors (Lipinski definition) is 0. The molecule has 1 fully saturated rings. The standard InChI is InChI=1S/C10H18ClNO2/c1-8-4-6-12(7-9(8)14-2)10(13)3-5-11/h8-9H,3-7H2,1-2H3. The lowest BCUT2D eigenvalue weighted by Gasteiger charge is -2.36. The van der Waals surface area contributed by atoms with Gasteiger partial charge in [-0.1, -0.05) is 6.92 Å². The highest BCUT2D eigenvalue weighted by atomic mass is 35.5. The van der Waals surface area contributed by atoms with E-state index in [1.165, 1.54) is 0 Å². The minimum absolute atomic E-state index is 0.147. The predicted molar refractivity (Wildman–Crippen MR) is 56.5 cm³/mol. The number of halogens is 1. The third-order valence-corrected chi connectivity index (χ3v) is 3.04. The molecule has 0 bridgehead atoms. The second-order valence-corrected chi connectivity index (χ2v) is 4.20. The van der Waals surface area contributed by atoms with Gasteiger partial charge in [0.15, 0.2) is 0 Å². The van der Waals surface area contributed by atoms with Crippen molar-refractivity contribution in [1.82, 2.24) is 4.90 Å². The fourth-order valence-corrected chi connectivity index (χ4v) is 1.97. The number of nitrogens with zero attached hydrogens (tertiary/aromatic N) is 1. The Morgan fingerprint density at radius 3 is 2.93 bits per heavy atom. The summed E-state index contributed by atoms with van der Waals surface area (Å²) in [6.07, 6.45) is 1.64. The molecule has 1 amide bonds. The maximum absolute atomic E-state index is 11.6. The Hall–Kier alpha value is -0.280. The number of alkyl halides is 1. The van der Waals surface area contributed by atoms with Crippen molar-refractivity contribution in [2.75, 3.05) is 26.1 Å². The Labute approximate surface area is 90.4 Å². The van der Waals surface area contributed by atoms with Gasteiger partial charge in [-0.3, -0.25) is 4.79 Å². The van der Waals surface area contributed by atoms with E-state index in [2.05, 4.69) is 6.92 Å². The van der Waals surface area contributed by atoms with Crippen LogP contribution in [0.15, 0.2) is 0 Å². The Morgan fingerprint density at radius 1 is 1.64 bits per heavy atom. The highest BCUT2D eigenvalue weighted by Crippen LogP contribution is 2.19. The van der Waals surface area contributed by atoms with Crippen molar-refractivity contribution in [1.29, 1.82) is 0 Å². The third-order valence-electron chi connectivity index (χ3n) is 2.85. The SMILES string of the molecule is COC1CN(C(=O)CCCl)CCC1C. The quantitative estimate of drug-likeness (QED) is 0.674. The molecule has 0 aliphatic carbocycles. The first-order valence-corrected chi connectivity index (χ1v) is 5.59. The van der Waals surface area contributed by atoms with Gasteiger partial charge < -0.3 is 9.64 Å². The van der Waals surface area contributed by atoms with E-state index >= 15 is 0 Å². The summed E-state index contributed by atoms with van der Waals surface area (Å²) in [5.74, 6) is 1.09. The van der Waals surface area contributed by atoms with E-state index in [9.17, 15) is 4.79 Å². The zero-order valence-corrected chi connectivity index (χ0v) is 9.59. The number of ether oxygens (including phenoxy) is 1. The van der Waals surface area contributed by atoms with Gasteiger partial charge in [-0.15, -0.1) is 11.6 Å². The molecule has 82 valence electrons. The monoisotopic (exact) mass is 219 g/mol. The van der Waals surface area contributed by atoms with Gasteiger partial charge in [0.1, 0.15) is 0 Å². The normalized spacial score (nSPS) is 27.8. The summed E-state index contributed by atoms with van der Waals surface area (Å²) in [7, 11) is 1.71. The first-order valence-electron chi connectivity index (χ1n) is 5.05. The highest BCUT2D eigenvalue weighted by Gasteiger charge is 2.28. The van der Waals surface area contributed by atoms with E-state index < -0.39 is 0 Å². The molecule has 3 nitrogen and oxygen atoms in total. The molecule has 1 rings (SSSR count). The number of piperidine rings is 1. The van der Waals surface area contributed by atoms with Crippen molar-refractivity contribution >= 4 is 17.5 Å². The number of methoxy groups -OCH3 is 1. The van der Waals surface area contributed by atoms with Crippen LogP contribution in [0.5, 0.6) is 0 Å². The van der Waals surface area contributed by atoms with Crippen molar-refractivity contribution in [3.63, 3.8) is 0 Å². The zero-order valence-electron chi connectivity index (χ0n) is 8.83. The van der Waals surface area contributed by atoms with Crippen LogP contribution >= 0.6 is 11.6 Å². The lowest BCUT2D eigenvalue weighted by atomic mass is 9.95. The van der Waals surface area contributed by atoms with Crippen LogP contribution in [-0.4, -0.2) is 43.0 Å². The van der Waals surface area contributed by atoms with E-state index in [1.54, 1.807) is 7.11 Å². The second-order valence-electron chi connectivity index (χ2n) is 3.82. The van der Waals surface area contributed by atoms with Crippen LogP contribution in [0.1, 0.15) is 19.8 Å². The van der Waals surface area contributed by atoms with Crippen LogP contribution in [0.3, 0.4) is 0 Å². The fraction of sp³-hybridized carbons (Fsp3) is 0.900. The van der Waals surface area contributed by atoms with Gasteiger partial charge >= 0.3 is 0 Å². The Bertz CT molecular complexity index is 199. The van der Waals surface area contributed by atoms with Crippen molar-refractivity contribution in [3.05, 3.63) is 0 Å². The lowest BCUT2D eigenvalue weighted by Crippen LogP contribution is -2.46. The molecule has 1 heterocycles. The van der Waals surface area contributed by atoms with Crippen molar-refractivity contribution in [2.45, 2.75) is 25.9 Å². The predicted octanol–water partition coefficient (Wildman–Crippen LogP) is 1.50. The van der Waals surface area contributed by atoms with Gasteiger partial charge in [0.05, 0.1) is 6.10 Å². The molecule has 1 aliphatic heterocycles. The molecule has 0 spiro atoms. The Kier molecular flexibility index (Phi) is 4.69. The average Bonchev–Trinajstić information content (AvgIpc) is 2.19. The summed E-state index contributed by atoms with van der Waals surface area (Å²) in [5, 5.41) is 0. The van der Waals surface area contributed by atoms with Gasteiger partial charge in [-0.2, -0.15) is 0 Å². The van der Waals surface area contributed by atoms with Crippen LogP contribution in [0.2, 0.25) is 0 Å². The molecule has 4 heteroatoms. The number of carbonyl (C=O) groups is 1. The molecule has 2 unspecified atom stereocenters. The maximum atomic E-state index is 11.6. The molecule has 14 heavy (non-hydrogen) atoms. The first kappa shape index (κ1) is 11.8. The largest absolute Gasteiger partial charge is 0.379 e. The maximum Gasteiger partial charge on any atom is 0.223 e. The van der Waals surface area contributed by atoms with E-state index in [-0.39, 0.29) is 12.0 Å². The number of likely N-dealkylation sites (tertiary alicyclic amines) is 1. The smallest absolute Gasteiger partial charge is 0.223 e. The molecule has 0 aromatic rings. The molecule has 1 aliphatic rings. The van der Waals surface area contributed by atoms with Gasteiger partial charge in [0.25, 0.3) is 0 Å². The van der Waals surface area contributed by atoms with Gasteiger partial charge in [-0.25, -0.2) is 0 Å². The van der Waals surface area contributed by atoms with Gasteiger partial charge in [0.2, 0.25) is 5.91 Å². The molecule has 2 atom stereocenters. The van der Waals surface area contributed by atoms with E-state index in [0.29, 0.717) is 24.8 Å². The van der Waals surface area contributed by atoms with Gasteiger partial charge in [0, 0.05) is 32.5 Å². The number of amides is 1. The van der Waals surface area contributed by atoms with Crippen LogP contribution in [-0.2, 0) is 9.53 Å². The van der Waals surface area contributed by atoms with E-state index in [1.807, 2.05) is 4.90 Å².